The van der Waals surface area contributed by atoms with E-state index < -0.39 is 0 Å². The van der Waals surface area contributed by atoms with Crippen molar-refractivity contribution in [3.8, 4) is 0 Å². The summed E-state index contributed by atoms with van der Waals surface area (Å²) in [4.78, 5) is 2.59. The molecule has 0 unspecified atom stereocenters. The SMILES string of the molecule is CC(/C=C\CCCCN1CCCC1)=C/S. The molecule has 1 heterocycles. The Morgan fingerprint density at radius 3 is 2.67 bits per heavy atom. The lowest BCUT2D eigenvalue weighted by molar-refractivity contribution is 0.330. The van der Waals surface area contributed by atoms with Gasteiger partial charge in [0.15, 0.2) is 0 Å². The number of nitrogens with zero attached hydrogens (tertiary/aromatic N) is 1. The van der Waals surface area contributed by atoms with Gasteiger partial charge < -0.3 is 4.90 Å². The molecule has 0 amide bonds. The molecule has 86 valence electrons. The van der Waals surface area contributed by atoms with Gasteiger partial charge in [-0.3, -0.25) is 0 Å². The molecule has 1 nitrogen and oxygen atoms in total. The van der Waals surface area contributed by atoms with Crippen LogP contribution in [0.1, 0.15) is 39.0 Å². The van der Waals surface area contributed by atoms with E-state index in [1.165, 1.54) is 57.3 Å². The van der Waals surface area contributed by atoms with E-state index in [1.54, 1.807) is 0 Å². The maximum Gasteiger partial charge on any atom is -0.00183 e. The third-order valence-corrected chi connectivity index (χ3v) is 3.29. The van der Waals surface area contributed by atoms with Gasteiger partial charge in [-0.25, -0.2) is 0 Å². The number of rotatable bonds is 6. The van der Waals surface area contributed by atoms with Gasteiger partial charge in [-0.1, -0.05) is 12.2 Å². The molecule has 0 aromatic carbocycles. The molecule has 0 aromatic heterocycles. The van der Waals surface area contributed by atoms with Crippen LogP contribution in [0.2, 0.25) is 0 Å². The molecule has 0 radical (unpaired) electrons. The van der Waals surface area contributed by atoms with E-state index in [0.29, 0.717) is 0 Å². The zero-order valence-corrected chi connectivity index (χ0v) is 10.7. The number of allylic oxidation sites excluding steroid dienone is 3. The van der Waals surface area contributed by atoms with Crippen LogP contribution in [0.25, 0.3) is 0 Å². The molecule has 1 aliphatic heterocycles. The Morgan fingerprint density at radius 1 is 1.27 bits per heavy atom. The topological polar surface area (TPSA) is 3.24 Å². The molecule has 15 heavy (non-hydrogen) atoms. The van der Waals surface area contributed by atoms with E-state index in [1.807, 2.05) is 5.41 Å². The monoisotopic (exact) mass is 225 g/mol. The van der Waals surface area contributed by atoms with Crippen molar-refractivity contribution in [1.29, 1.82) is 0 Å². The highest BCUT2D eigenvalue weighted by Gasteiger charge is 2.09. The second kappa shape index (κ2) is 8.00. The predicted molar refractivity (Wildman–Crippen MR) is 71.4 cm³/mol. The third-order valence-electron chi connectivity index (χ3n) is 2.88. The first-order valence-corrected chi connectivity index (χ1v) is 6.54. The lowest BCUT2D eigenvalue weighted by Crippen LogP contribution is -2.20. The van der Waals surface area contributed by atoms with E-state index in [4.69, 9.17) is 0 Å². The fourth-order valence-corrected chi connectivity index (χ4v) is 2.00. The normalized spacial score (nSPS) is 19.2. The Hall–Kier alpha value is -0.210. The number of hydrogen-bond acceptors (Lipinski definition) is 2. The van der Waals surface area contributed by atoms with Gasteiger partial charge in [-0.15, -0.1) is 0 Å². The van der Waals surface area contributed by atoms with Gasteiger partial charge in [-0.2, -0.15) is 12.6 Å². The van der Waals surface area contributed by atoms with Crippen LogP contribution in [-0.2, 0) is 0 Å². The summed E-state index contributed by atoms with van der Waals surface area (Å²) in [7, 11) is 0. The Balaban J connectivity index is 1.94. The quantitative estimate of drug-likeness (QED) is 0.410. The van der Waals surface area contributed by atoms with E-state index in [2.05, 4.69) is 36.6 Å². The molecule has 0 bridgehead atoms. The first kappa shape index (κ1) is 12.9. The molecule has 1 aliphatic rings. The highest BCUT2D eigenvalue weighted by atomic mass is 32.1. The van der Waals surface area contributed by atoms with Gasteiger partial charge in [0.25, 0.3) is 0 Å². The Morgan fingerprint density at radius 2 is 2.00 bits per heavy atom. The standard InChI is InChI=1S/C13H23NS/c1-13(12-15)8-4-2-3-5-9-14-10-6-7-11-14/h4,8,12,15H,2-3,5-7,9-11H2,1H3/b8-4-,13-12-. The molecule has 0 aromatic rings. The van der Waals surface area contributed by atoms with E-state index >= 15 is 0 Å². The Labute approximate surface area is 99.6 Å². The van der Waals surface area contributed by atoms with E-state index in [-0.39, 0.29) is 0 Å². The second-order valence-corrected chi connectivity index (χ2v) is 4.58. The van der Waals surface area contributed by atoms with Crippen molar-refractivity contribution in [2.45, 2.75) is 39.0 Å². The second-order valence-electron chi connectivity index (χ2n) is 4.32. The third kappa shape index (κ3) is 6.06. The Kier molecular flexibility index (Phi) is 6.86. The van der Waals surface area contributed by atoms with Gasteiger partial charge in [0.2, 0.25) is 0 Å². The summed E-state index contributed by atoms with van der Waals surface area (Å²) in [6.07, 6.45) is 11.1. The summed E-state index contributed by atoms with van der Waals surface area (Å²) in [5.41, 5.74) is 1.23. The van der Waals surface area contributed by atoms with Crippen molar-refractivity contribution in [3.63, 3.8) is 0 Å². The lowest BCUT2D eigenvalue weighted by Gasteiger charge is -2.13. The number of thiol groups is 1. The van der Waals surface area contributed by atoms with Gasteiger partial charge in [0.1, 0.15) is 0 Å². The zero-order valence-electron chi connectivity index (χ0n) is 9.78. The average molecular weight is 225 g/mol. The fourth-order valence-electron chi connectivity index (χ4n) is 1.92. The van der Waals surface area contributed by atoms with Crippen LogP contribution in [0, 0.1) is 0 Å². The summed E-state index contributed by atoms with van der Waals surface area (Å²) in [5, 5.41) is 1.85. The molecular weight excluding hydrogens is 202 g/mol. The van der Waals surface area contributed by atoms with E-state index in [9.17, 15) is 0 Å². The fraction of sp³-hybridized carbons (Fsp3) is 0.692. The molecule has 0 atom stereocenters. The molecule has 0 aliphatic carbocycles. The summed E-state index contributed by atoms with van der Waals surface area (Å²) >= 11 is 4.10. The summed E-state index contributed by atoms with van der Waals surface area (Å²) < 4.78 is 0. The van der Waals surface area contributed by atoms with Gasteiger partial charge in [0, 0.05) is 0 Å². The van der Waals surface area contributed by atoms with Crippen LogP contribution >= 0.6 is 12.6 Å². The number of unbranched alkanes of at least 4 members (excludes halogenated alkanes) is 2. The molecule has 1 fully saturated rings. The van der Waals surface area contributed by atoms with Gasteiger partial charge in [-0.05, 0) is 69.6 Å². The molecule has 2 heteroatoms. The Bertz CT molecular complexity index is 215. The molecule has 1 saturated heterocycles. The molecular formula is C13H23NS. The number of hydrogen-bond donors (Lipinski definition) is 1. The molecule has 1 rings (SSSR count). The number of likely N-dealkylation sites (tertiary alicyclic amines) is 1. The van der Waals surface area contributed by atoms with Crippen LogP contribution in [0.15, 0.2) is 23.1 Å². The van der Waals surface area contributed by atoms with Crippen LogP contribution < -0.4 is 0 Å². The van der Waals surface area contributed by atoms with Crippen molar-refractivity contribution in [1.82, 2.24) is 4.90 Å². The van der Waals surface area contributed by atoms with Crippen molar-refractivity contribution in [3.05, 3.63) is 23.1 Å². The summed E-state index contributed by atoms with van der Waals surface area (Å²) in [5.74, 6) is 0. The van der Waals surface area contributed by atoms with Crippen LogP contribution in [0.5, 0.6) is 0 Å². The largest absolute Gasteiger partial charge is 0.303 e. The highest BCUT2D eigenvalue weighted by molar-refractivity contribution is 7.83. The molecule has 0 N–H and O–H groups in total. The van der Waals surface area contributed by atoms with Crippen LogP contribution in [0.4, 0.5) is 0 Å². The van der Waals surface area contributed by atoms with Gasteiger partial charge in [0.05, 0.1) is 0 Å². The minimum atomic E-state index is 1.20. The summed E-state index contributed by atoms with van der Waals surface area (Å²) in [6.45, 7) is 6.04. The van der Waals surface area contributed by atoms with Crippen LogP contribution in [-0.4, -0.2) is 24.5 Å². The summed E-state index contributed by atoms with van der Waals surface area (Å²) in [6, 6.07) is 0. The van der Waals surface area contributed by atoms with Crippen molar-refractivity contribution < 1.29 is 0 Å². The maximum atomic E-state index is 4.10. The minimum Gasteiger partial charge on any atom is -0.303 e. The molecule has 0 saturated carbocycles. The smallest absolute Gasteiger partial charge is 0.00183 e. The highest BCUT2D eigenvalue weighted by Crippen LogP contribution is 2.09. The lowest BCUT2D eigenvalue weighted by atomic mass is 10.2. The van der Waals surface area contributed by atoms with Crippen molar-refractivity contribution >= 4 is 12.6 Å². The molecule has 0 spiro atoms. The average Bonchev–Trinajstić information content (AvgIpc) is 2.75. The predicted octanol–water partition coefficient (Wildman–Crippen LogP) is 3.64. The van der Waals surface area contributed by atoms with E-state index in [0.717, 1.165) is 0 Å². The first-order valence-electron chi connectivity index (χ1n) is 6.03. The first-order chi connectivity index (χ1) is 7.33. The van der Waals surface area contributed by atoms with Crippen LogP contribution in [0.3, 0.4) is 0 Å². The minimum absolute atomic E-state index is 1.20. The maximum absolute atomic E-state index is 4.10. The van der Waals surface area contributed by atoms with Crippen molar-refractivity contribution in [2.24, 2.45) is 0 Å². The van der Waals surface area contributed by atoms with Crippen molar-refractivity contribution in [2.75, 3.05) is 19.6 Å². The van der Waals surface area contributed by atoms with Gasteiger partial charge >= 0.3 is 0 Å². The zero-order chi connectivity index (χ0) is 10.9.